The molecule has 2 heterocycles. The molecule has 2 aromatic heterocycles. The van der Waals surface area contributed by atoms with Crippen molar-refractivity contribution in [1.29, 1.82) is 0 Å². The van der Waals surface area contributed by atoms with Gasteiger partial charge in [0, 0.05) is 9.35 Å². The molecule has 4 nitrogen and oxygen atoms in total. The van der Waals surface area contributed by atoms with Crippen LogP contribution in [0, 0.1) is 6.92 Å². The Balaban J connectivity index is 2.36. The summed E-state index contributed by atoms with van der Waals surface area (Å²) in [5.41, 5.74) is 1.41. The third-order valence-electron chi connectivity index (χ3n) is 3.09. The lowest BCUT2D eigenvalue weighted by atomic mass is 10.1. The first-order chi connectivity index (χ1) is 10.5. The van der Waals surface area contributed by atoms with E-state index in [1.807, 2.05) is 25.3 Å². The van der Waals surface area contributed by atoms with Gasteiger partial charge in [0.1, 0.15) is 9.88 Å². The second-order valence-corrected chi connectivity index (χ2v) is 7.46. The van der Waals surface area contributed by atoms with E-state index in [1.54, 1.807) is 6.92 Å². The number of amides is 1. The van der Waals surface area contributed by atoms with Crippen LogP contribution < -0.4 is 5.32 Å². The van der Waals surface area contributed by atoms with Crippen molar-refractivity contribution in [3.05, 3.63) is 36.8 Å². The van der Waals surface area contributed by atoms with Gasteiger partial charge in [0.15, 0.2) is 0 Å². The minimum atomic E-state index is -0.385. The van der Waals surface area contributed by atoms with E-state index >= 15 is 0 Å². The van der Waals surface area contributed by atoms with Gasteiger partial charge in [-0.2, -0.15) is 0 Å². The van der Waals surface area contributed by atoms with Gasteiger partial charge in [-0.15, -0.1) is 22.7 Å². The van der Waals surface area contributed by atoms with Crippen LogP contribution in [0.15, 0.2) is 15.9 Å². The molecule has 0 aliphatic carbocycles. The quantitative estimate of drug-likeness (QED) is 0.726. The first-order valence-electron chi connectivity index (χ1n) is 6.83. The number of nitrogens with one attached hydrogen (secondary N) is 1. The van der Waals surface area contributed by atoms with Gasteiger partial charge in [0.05, 0.1) is 12.2 Å². The highest BCUT2D eigenvalue weighted by Gasteiger charge is 2.24. The molecule has 0 atom stereocenters. The van der Waals surface area contributed by atoms with Crippen molar-refractivity contribution in [1.82, 2.24) is 0 Å². The van der Waals surface area contributed by atoms with E-state index in [0.29, 0.717) is 22.0 Å². The Bertz CT molecular complexity index is 706. The monoisotopic (exact) mass is 401 g/mol. The Kier molecular flexibility index (Phi) is 5.77. The van der Waals surface area contributed by atoms with Gasteiger partial charge in [0.2, 0.25) is 0 Å². The molecule has 0 fully saturated rings. The van der Waals surface area contributed by atoms with Gasteiger partial charge >= 0.3 is 5.97 Å². The largest absolute Gasteiger partial charge is 0.462 e. The third kappa shape index (κ3) is 3.42. The average Bonchev–Trinajstić information content (AvgIpc) is 3.02. The van der Waals surface area contributed by atoms with Crippen LogP contribution in [-0.2, 0) is 11.2 Å². The Hall–Kier alpha value is -1.18. The van der Waals surface area contributed by atoms with Crippen LogP contribution in [0.25, 0.3) is 0 Å². The molecule has 0 saturated carbocycles. The molecular formula is C15H16BrNO3S2. The molecule has 2 rings (SSSR count). The molecule has 0 radical (unpaired) electrons. The van der Waals surface area contributed by atoms with E-state index < -0.39 is 0 Å². The molecule has 0 unspecified atom stereocenters. The summed E-state index contributed by atoms with van der Waals surface area (Å²) in [5, 5.41) is 5.24. The summed E-state index contributed by atoms with van der Waals surface area (Å²) in [4.78, 5) is 26.2. The van der Waals surface area contributed by atoms with E-state index in [4.69, 9.17) is 4.74 Å². The summed E-state index contributed by atoms with van der Waals surface area (Å²) >= 11 is 6.10. The predicted molar refractivity (Wildman–Crippen MR) is 94.4 cm³/mol. The number of anilines is 1. The Morgan fingerprint density at radius 2 is 2.09 bits per heavy atom. The Labute approximate surface area is 145 Å². The van der Waals surface area contributed by atoms with Gasteiger partial charge in [0.25, 0.3) is 5.91 Å². The molecule has 1 amide bonds. The summed E-state index contributed by atoms with van der Waals surface area (Å²) in [6.45, 7) is 6.01. The van der Waals surface area contributed by atoms with Crippen molar-refractivity contribution in [3.8, 4) is 0 Å². The smallest absolute Gasteiger partial charge is 0.341 e. The number of ether oxygens (including phenoxy) is 1. The van der Waals surface area contributed by atoms with Gasteiger partial charge in [-0.05, 0) is 53.2 Å². The fourth-order valence-corrected chi connectivity index (χ4v) is 4.70. The zero-order chi connectivity index (χ0) is 16.3. The number of hydrogen-bond acceptors (Lipinski definition) is 5. The van der Waals surface area contributed by atoms with E-state index in [1.165, 1.54) is 22.7 Å². The zero-order valence-electron chi connectivity index (χ0n) is 12.5. The number of esters is 1. The highest BCUT2D eigenvalue weighted by molar-refractivity contribution is 9.10. The molecule has 0 saturated heterocycles. The Morgan fingerprint density at radius 1 is 1.36 bits per heavy atom. The molecule has 0 aromatic carbocycles. The number of carbonyl (C=O) groups is 2. The molecule has 7 heteroatoms. The molecule has 1 N–H and O–H groups in total. The van der Waals surface area contributed by atoms with Gasteiger partial charge in [-0.1, -0.05) is 6.92 Å². The van der Waals surface area contributed by atoms with Crippen molar-refractivity contribution in [3.63, 3.8) is 0 Å². The number of thiophene rings is 2. The molecule has 0 aliphatic heterocycles. The highest BCUT2D eigenvalue weighted by atomic mass is 79.9. The summed E-state index contributed by atoms with van der Waals surface area (Å²) < 4.78 is 5.88. The Morgan fingerprint density at radius 3 is 2.64 bits per heavy atom. The SMILES string of the molecule is CCOC(=O)c1c(NC(=O)c2sccc2Br)sc(C)c1CC. The lowest BCUT2D eigenvalue weighted by Crippen LogP contribution is -2.14. The number of rotatable bonds is 5. The third-order valence-corrected chi connectivity index (χ3v) is 5.99. The molecule has 0 aliphatic rings. The normalized spacial score (nSPS) is 10.5. The van der Waals surface area contributed by atoms with Crippen LogP contribution in [0.4, 0.5) is 5.00 Å². The van der Waals surface area contributed by atoms with Crippen LogP contribution in [0.5, 0.6) is 0 Å². The lowest BCUT2D eigenvalue weighted by molar-refractivity contribution is 0.0527. The average molecular weight is 402 g/mol. The summed E-state index contributed by atoms with van der Waals surface area (Å²) in [6, 6.07) is 1.82. The fourth-order valence-electron chi connectivity index (χ4n) is 2.13. The van der Waals surface area contributed by atoms with Crippen LogP contribution in [-0.4, -0.2) is 18.5 Å². The second kappa shape index (κ2) is 7.39. The topological polar surface area (TPSA) is 55.4 Å². The van der Waals surface area contributed by atoms with Crippen LogP contribution in [0.1, 0.15) is 44.3 Å². The molecule has 2 aromatic rings. The summed E-state index contributed by atoms with van der Waals surface area (Å²) in [6.07, 6.45) is 0.717. The highest BCUT2D eigenvalue weighted by Crippen LogP contribution is 2.35. The first-order valence-corrected chi connectivity index (χ1v) is 9.32. The minimum absolute atomic E-state index is 0.226. The number of aryl methyl sites for hydroxylation is 1. The molecule has 22 heavy (non-hydrogen) atoms. The van der Waals surface area contributed by atoms with Crippen molar-refractivity contribution in [2.24, 2.45) is 0 Å². The van der Waals surface area contributed by atoms with Crippen LogP contribution in [0.3, 0.4) is 0 Å². The minimum Gasteiger partial charge on any atom is -0.462 e. The second-order valence-electron chi connectivity index (χ2n) is 4.47. The number of halogens is 1. The van der Waals surface area contributed by atoms with E-state index in [0.717, 1.165) is 21.3 Å². The van der Waals surface area contributed by atoms with E-state index in [9.17, 15) is 9.59 Å². The number of carbonyl (C=O) groups excluding carboxylic acids is 2. The molecular weight excluding hydrogens is 386 g/mol. The fraction of sp³-hybridized carbons (Fsp3) is 0.333. The molecule has 0 bridgehead atoms. The van der Waals surface area contributed by atoms with E-state index in [-0.39, 0.29) is 11.9 Å². The van der Waals surface area contributed by atoms with Crippen molar-refractivity contribution < 1.29 is 14.3 Å². The summed E-state index contributed by atoms with van der Waals surface area (Å²) in [7, 11) is 0. The lowest BCUT2D eigenvalue weighted by Gasteiger charge is -2.07. The van der Waals surface area contributed by atoms with Gasteiger partial charge in [-0.25, -0.2) is 4.79 Å². The molecule has 0 spiro atoms. The zero-order valence-corrected chi connectivity index (χ0v) is 15.7. The van der Waals surface area contributed by atoms with Crippen molar-refractivity contribution >= 4 is 55.5 Å². The van der Waals surface area contributed by atoms with Crippen molar-refractivity contribution in [2.45, 2.75) is 27.2 Å². The predicted octanol–water partition coefficient (Wildman–Crippen LogP) is 4.87. The maximum Gasteiger partial charge on any atom is 0.341 e. The first kappa shape index (κ1) is 17.2. The number of hydrogen-bond donors (Lipinski definition) is 1. The maximum atomic E-state index is 12.4. The molecule has 118 valence electrons. The van der Waals surface area contributed by atoms with E-state index in [2.05, 4.69) is 21.2 Å². The van der Waals surface area contributed by atoms with Gasteiger partial charge in [-0.3, -0.25) is 4.79 Å². The standard InChI is InChI=1S/C15H16BrNO3S2/c1-4-9-8(3)22-14(11(9)15(19)20-5-2)17-13(18)12-10(16)6-7-21-12/h6-7H,4-5H2,1-3H3,(H,17,18). The van der Waals surface area contributed by atoms with Crippen LogP contribution in [0.2, 0.25) is 0 Å². The van der Waals surface area contributed by atoms with Gasteiger partial charge < -0.3 is 10.1 Å². The summed E-state index contributed by atoms with van der Waals surface area (Å²) in [5.74, 6) is -0.611. The van der Waals surface area contributed by atoms with Crippen molar-refractivity contribution in [2.75, 3.05) is 11.9 Å². The maximum absolute atomic E-state index is 12.4. The van der Waals surface area contributed by atoms with Crippen LogP contribution >= 0.6 is 38.6 Å².